The number of anilines is 1. The molecule has 0 bridgehead atoms. The number of hydrogen-bond acceptors (Lipinski definition) is 3. The Hall–Kier alpha value is -1.03. The molecule has 0 aliphatic heterocycles. The molecule has 0 atom stereocenters. The molecule has 0 radical (unpaired) electrons. The number of aryl methyl sites for hydroxylation is 1. The van der Waals surface area contributed by atoms with Crippen LogP contribution in [0.15, 0.2) is 12.4 Å². The first-order chi connectivity index (χ1) is 8.90. The minimum atomic E-state index is 0.801. The molecular weight excluding hydrogens is 226 g/mol. The molecule has 0 unspecified atom stereocenters. The molecule has 0 aromatic carbocycles. The fourth-order valence-electron chi connectivity index (χ4n) is 2.69. The van der Waals surface area contributed by atoms with Crippen molar-refractivity contribution >= 4 is 5.95 Å². The zero-order valence-electron chi connectivity index (χ0n) is 11.4. The zero-order valence-corrected chi connectivity index (χ0v) is 11.4. The first-order valence-electron chi connectivity index (χ1n) is 7.14. The van der Waals surface area contributed by atoms with Crippen LogP contribution in [0.3, 0.4) is 0 Å². The SMILES string of the molecule is COCCCNc1nccn1CCC1CCCC1. The molecule has 2 rings (SSSR count). The van der Waals surface area contributed by atoms with E-state index in [0.29, 0.717) is 0 Å². The van der Waals surface area contributed by atoms with Crippen LogP contribution >= 0.6 is 0 Å². The molecule has 0 amide bonds. The van der Waals surface area contributed by atoms with Gasteiger partial charge in [-0.2, -0.15) is 0 Å². The summed E-state index contributed by atoms with van der Waals surface area (Å²) in [5.41, 5.74) is 0. The second-order valence-electron chi connectivity index (χ2n) is 5.16. The highest BCUT2D eigenvalue weighted by Gasteiger charge is 2.15. The van der Waals surface area contributed by atoms with Crippen molar-refractivity contribution in [1.29, 1.82) is 0 Å². The van der Waals surface area contributed by atoms with Crippen LogP contribution in [0.1, 0.15) is 38.5 Å². The van der Waals surface area contributed by atoms with Gasteiger partial charge >= 0.3 is 0 Å². The van der Waals surface area contributed by atoms with E-state index in [1.807, 2.05) is 6.20 Å². The molecule has 1 aliphatic rings. The molecular formula is C14H25N3O. The normalized spacial score (nSPS) is 16.3. The maximum absolute atomic E-state index is 5.04. The third-order valence-corrected chi connectivity index (χ3v) is 3.78. The van der Waals surface area contributed by atoms with Gasteiger partial charge < -0.3 is 14.6 Å². The number of hydrogen-bond donors (Lipinski definition) is 1. The highest BCUT2D eigenvalue weighted by molar-refractivity contribution is 5.25. The lowest BCUT2D eigenvalue weighted by Crippen LogP contribution is -2.11. The number of ether oxygens (including phenoxy) is 1. The average Bonchev–Trinajstić information content (AvgIpc) is 3.03. The topological polar surface area (TPSA) is 39.1 Å². The molecule has 1 heterocycles. The van der Waals surface area contributed by atoms with Gasteiger partial charge in [0.2, 0.25) is 5.95 Å². The lowest BCUT2D eigenvalue weighted by Gasteiger charge is -2.12. The van der Waals surface area contributed by atoms with Gasteiger partial charge in [0.25, 0.3) is 0 Å². The molecule has 1 N–H and O–H groups in total. The number of rotatable bonds is 8. The number of nitrogens with one attached hydrogen (secondary N) is 1. The summed E-state index contributed by atoms with van der Waals surface area (Å²) in [6, 6.07) is 0. The quantitative estimate of drug-likeness (QED) is 0.722. The Morgan fingerprint density at radius 2 is 2.28 bits per heavy atom. The van der Waals surface area contributed by atoms with Gasteiger partial charge in [-0.15, -0.1) is 0 Å². The van der Waals surface area contributed by atoms with Crippen LogP contribution in [0, 0.1) is 5.92 Å². The Labute approximate surface area is 110 Å². The van der Waals surface area contributed by atoms with Crippen LogP contribution in [0.5, 0.6) is 0 Å². The van der Waals surface area contributed by atoms with Crippen molar-refractivity contribution in [2.75, 3.05) is 25.6 Å². The summed E-state index contributed by atoms with van der Waals surface area (Å²) in [5, 5.41) is 3.38. The Morgan fingerprint density at radius 3 is 3.06 bits per heavy atom. The van der Waals surface area contributed by atoms with Gasteiger partial charge in [0.15, 0.2) is 0 Å². The van der Waals surface area contributed by atoms with Crippen molar-refractivity contribution < 1.29 is 4.74 Å². The average molecular weight is 251 g/mol. The van der Waals surface area contributed by atoms with E-state index < -0.39 is 0 Å². The molecule has 102 valence electrons. The fraction of sp³-hybridized carbons (Fsp3) is 0.786. The van der Waals surface area contributed by atoms with Gasteiger partial charge in [0, 0.05) is 39.2 Å². The third kappa shape index (κ3) is 4.02. The van der Waals surface area contributed by atoms with Crippen LogP contribution in [0.25, 0.3) is 0 Å². The minimum Gasteiger partial charge on any atom is -0.385 e. The van der Waals surface area contributed by atoms with Gasteiger partial charge in [-0.25, -0.2) is 4.98 Å². The molecule has 1 aromatic heterocycles. The summed E-state index contributed by atoms with van der Waals surface area (Å²) >= 11 is 0. The van der Waals surface area contributed by atoms with Crippen LogP contribution in [0.4, 0.5) is 5.95 Å². The first kappa shape index (κ1) is 13.4. The van der Waals surface area contributed by atoms with Crippen molar-refractivity contribution in [2.45, 2.75) is 45.1 Å². The van der Waals surface area contributed by atoms with Crippen LogP contribution in [-0.4, -0.2) is 29.8 Å². The van der Waals surface area contributed by atoms with E-state index in [-0.39, 0.29) is 0 Å². The van der Waals surface area contributed by atoms with Crippen LogP contribution < -0.4 is 5.32 Å². The summed E-state index contributed by atoms with van der Waals surface area (Å²) in [6.45, 7) is 2.82. The van der Waals surface area contributed by atoms with Crippen molar-refractivity contribution in [2.24, 2.45) is 5.92 Å². The van der Waals surface area contributed by atoms with E-state index >= 15 is 0 Å². The Morgan fingerprint density at radius 1 is 1.44 bits per heavy atom. The second kappa shape index (κ2) is 7.41. The molecule has 0 spiro atoms. The molecule has 1 aromatic rings. The summed E-state index contributed by atoms with van der Waals surface area (Å²) in [4.78, 5) is 4.37. The summed E-state index contributed by atoms with van der Waals surface area (Å²) in [7, 11) is 1.74. The molecule has 1 saturated carbocycles. The maximum atomic E-state index is 5.04. The highest BCUT2D eigenvalue weighted by Crippen LogP contribution is 2.28. The van der Waals surface area contributed by atoms with E-state index in [2.05, 4.69) is 21.1 Å². The van der Waals surface area contributed by atoms with E-state index in [1.54, 1.807) is 7.11 Å². The van der Waals surface area contributed by atoms with Crippen molar-refractivity contribution in [3.63, 3.8) is 0 Å². The van der Waals surface area contributed by atoms with Crippen LogP contribution in [0.2, 0.25) is 0 Å². The van der Waals surface area contributed by atoms with E-state index in [9.17, 15) is 0 Å². The first-order valence-corrected chi connectivity index (χ1v) is 7.14. The third-order valence-electron chi connectivity index (χ3n) is 3.78. The summed E-state index contributed by atoms with van der Waals surface area (Å²) in [5.74, 6) is 1.94. The largest absolute Gasteiger partial charge is 0.385 e. The van der Waals surface area contributed by atoms with Crippen LogP contribution in [-0.2, 0) is 11.3 Å². The number of methoxy groups -OCH3 is 1. The summed E-state index contributed by atoms with van der Waals surface area (Å²) in [6.07, 6.45) is 12.0. The lowest BCUT2D eigenvalue weighted by molar-refractivity contribution is 0.197. The Kier molecular flexibility index (Phi) is 5.52. The van der Waals surface area contributed by atoms with Crippen molar-refractivity contribution in [3.8, 4) is 0 Å². The van der Waals surface area contributed by atoms with E-state index in [4.69, 9.17) is 4.74 Å². The van der Waals surface area contributed by atoms with Gasteiger partial charge in [0.1, 0.15) is 0 Å². The zero-order chi connectivity index (χ0) is 12.6. The van der Waals surface area contributed by atoms with Crippen molar-refractivity contribution in [3.05, 3.63) is 12.4 Å². The fourth-order valence-corrected chi connectivity index (χ4v) is 2.69. The molecule has 0 saturated heterocycles. The number of aromatic nitrogens is 2. The van der Waals surface area contributed by atoms with Gasteiger partial charge in [-0.1, -0.05) is 25.7 Å². The van der Waals surface area contributed by atoms with E-state index in [1.165, 1.54) is 32.1 Å². The molecule has 4 heteroatoms. The minimum absolute atomic E-state index is 0.801. The highest BCUT2D eigenvalue weighted by atomic mass is 16.5. The predicted octanol–water partition coefficient (Wildman–Crippen LogP) is 2.91. The number of imidazole rings is 1. The number of nitrogens with zero attached hydrogens (tertiary/aromatic N) is 2. The van der Waals surface area contributed by atoms with Gasteiger partial charge in [-0.05, 0) is 18.8 Å². The molecule has 4 nitrogen and oxygen atoms in total. The summed E-state index contributed by atoms with van der Waals surface area (Å²) < 4.78 is 7.28. The second-order valence-corrected chi connectivity index (χ2v) is 5.16. The molecule has 1 fully saturated rings. The molecule has 18 heavy (non-hydrogen) atoms. The molecule has 1 aliphatic carbocycles. The van der Waals surface area contributed by atoms with Crippen molar-refractivity contribution in [1.82, 2.24) is 9.55 Å². The van der Waals surface area contributed by atoms with Gasteiger partial charge in [0.05, 0.1) is 0 Å². The Balaban J connectivity index is 1.72. The van der Waals surface area contributed by atoms with E-state index in [0.717, 1.165) is 38.0 Å². The smallest absolute Gasteiger partial charge is 0.202 e. The predicted molar refractivity (Wildman–Crippen MR) is 73.8 cm³/mol. The monoisotopic (exact) mass is 251 g/mol. The maximum Gasteiger partial charge on any atom is 0.202 e. The lowest BCUT2D eigenvalue weighted by atomic mass is 10.0. The standard InChI is InChI=1S/C14H25N3O/c1-18-12-4-8-15-14-16-9-11-17(14)10-7-13-5-2-3-6-13/h9,11,13H,2-8,10,12H2,1H3,(H,15,16). The Bertz CT molecular complexity index is 332. The van der Waals surface area contributed by atoms with Gasteiger partial charge in [-0.3, -0.25) is 0 Å².